The summed E-state index contributed by atoms with van der Waals surface area (Å²) >= 11 is 0. The van der Waals surface area contributed by atoms with Crippen molar-refractivity contribution in [3.8, 4) is 5.75 Å². The van der Waals surface area contributed by atoms with E-state index in [2.05, 4.69) is 0 Å². The first kappa shape index (κ1) is 15.9. The normalized spacial score (nSPS) is 22.0. The summed E-state index contributed by atoms with van der Waals surface area (Å²) in [7, 11) is 0. The molecule has 2 aliphatic rings. The highest BCUT2D eigenvalue weighted by atomic mass is 16.5. The van der Waals surface area contributed by atoms with Gasteiger partial charge < -0.3 is 19.1 Å². The number of rotatable bonds is 3. The molecule has 0 aliphatic carbocycles. The van der Waals surface area contributed by atoms with Gasteiger partial charge in [-0.05, 0) is 31.9 Å². The number of carbonyl (C=O) groups is 1. The zero-order valence-corrected chi connectivity index (χ0v) is 13.9. The van der Waals surface area contributed by atoms with E-state index < -0.39 is 12.1 Å². The molecule has 2 aliphatic heterocycles. The van der Waals surface area contributed by atoms with Crippen molar-refractivity contribution in [3.63, 3.8) is 0 Å². The van der Waals surface area contributed by atoms with E-state index in [0.29, 0.717) is 30.0 Å². The minimum atomic E-state index is -0.882. The standard InChI is InChI=1S/C19H19NO5/c1-11-9-15(21)16(18(22)20(11)10-12-5-4-8-24-12)17-13-6-2-3-7-14(13)19(23)25-17/h2-3,6-7,9,12,17,21H,4-5,8,10H2,1H3. The zero-order chi connectivity index (χ0) is 17.6. The Morgan fingerprint density at radius 3 is 2.84 bits per heavy atom. The first-order valence-electron chi connectivity index (χ1n) is 8.41. The lowest BCUT2D eigenvalue weighted by atomic mass is 9.99. The molecular formula is C19H19NO5. The van der Waals surface area contributed by atoms with Crippen molar-refractivity contribution in [2.45, 2.75) is 38.5 Å². The molecule has 1 N–H and O–H groups in total. The number of cyclic esters (lactones) is 1. The maximum atomic E-state index is 13.1. The van der Waals surface area contributed by atoms with Gasteiger partial charge in [0.05, 0.1) is 18.2 Å². The van der Waals surface area contributed by atoms with Gasteiger partial charge in [0.25, 0.3) is 5.56 Å². The van der Waals surface area contributed by atoms with Crippen LogP contribution in [0.2, 0.25) is 0 Å². The van der Waals surface area contributed by atoms with Gasteiger partial charge in [0.2, 0.25) is 0 Å². The van der Waals surface area contributed by atoms with Gasteiger partial charge in [0.15, 0.2) is 6.10 Å². The quantitative estimate of drug-likeness (QED) is 0.867. The van der Waals surface area contributed by atoms with Gasteiger partial charge in [-0.2, -0.15) is 0 Å². The van der Waals surface area contributed by atoms with Crippen molar-refractivity contribution in [2.75, 3.05) is 6.61 Å². The van der Waals surface area contributed by atoms with Crippen LogP contribution in [0.5, 0.6) is 5.75 Å². The Kier molecular flexibility index (Phi) is 3.84. The second-order valence-corrected chi connectivity index (χ2v) is 6.51. The minimum Gasteiger partial charge on any atom is -0.507 e. The number of aromatic nitrogens is 1. The average molecular weight is 341 g/mol. The largest absolute Gasteiger partial charge is 0.507 e. The molecule has 6 nitrogen and oxygen atoms in total. The molecule has 130 valence electrons. The number of aryl methyl sites for hydroxylation is 1. The predicted molar refractivity (Wildman–Crippen MR) is 89.8 cm³/mol. The molecule has 3 heterocycles. The SMILES string of the molecule is Cc1cc(O)c(C2OC(=O)c3ccccc32)c(=O)n1CC1CCCO1. The van der Waals surface area contributed by atoms with Crippen molar-refractivity contribution in [3.05, 3.63) is 63.1 Å². The summed E-state index contributed by atoms with van der Waals surface area (Å²) in [5.41, 5.74) is 1.44. The summed E-state index contributed by atoms with van der Waals surface area (Å²) in [6.45, 7) is 2.91. The van der Waals surface area contributed by atoms with E-state index in [4.69, 9.17) is 9.47 Å². The Morgan fingerprint density at radius 2 is 2.08 bits per heavy atom. The number of esters is 1. The monoisotopic (exact) mass is 341 g/mol. The smallest absolute Gasteiger partial charge is 0.339 e. The van der Waals surface area contributed by atoms with Crippen LogP contribution in [0.3, 0.4) is 0 Å². The number of nitrogens with zero attached hydrogens (tertiary/aromatic N) is 1. The number of ether oxygens (including phenoxy) is 2. The third-order valence-electron chi connectivity index (χ3n) is 4.88. The molecule has 4 rings (SSSR count). The maximum Gasteiger partial charge on any atom is 0.339 e. The average Bonchev–Trinajstić information content (AvgIpc) is 3.21. The third kappa shape index (κ3) is 2.62. The van der Waals surface area contributed by atoms with Crippen molar-refractivity contribution >= 4 is 5.97 Å². The molecule has 1 saturated heterocycles. The Balaban J connectivity index is 1.80. The summed E-state index contributed by atoms with van der Waals surface area (Å²) in [4.78, 5) is 25.1. The van der Waals surface area contributed by atoms with Gasteiger partial charge in [-0.3, -0.25) is 4.79 Å². The van der Waals surface area contributed by atoms with E-state index in [0.717, 1.165) is 12.8 Å². The van der Waals surface area contributed by atoms with Crippen LogP contribution in [-0.2, 0) is 16.0 Å². The summed E-state index contributed by atoms with van der Waals surface area (Å²) in [6.07, 6.45) is 1.00. The number of pyridine rings is 1. The minimum absolute atomic E-state index is 0.00722. The Bertz CT molecular complexity index is 895. The van der Waals surface area contributed by atoms with Gasteiger partial charge in [0, 0.05) is 17.9 Å². The lowest BCUT2D eigenvalue weighted by Gasteiger charge is -2.19. The fraction of sp³-hybridized carbons (Fsp3) is 0.368. The Labute approximate surface area is 144 Å². The highest BCUT2D eigenvalue weighted by Gasteiger charge is 2.36. The second-order valence-electron chi connectivity index (χ2n) is 6.51. The highest BCUT2D eigenvalue weighted by molar-refractivity contribution is 5.94. The van der Waals surface area contributed by atoms with Crippen LogP contribution in [0, 0.1) is 6.92 Å². The number of hydrogen-bond donors (Lipinski definition) is 1. The van der Waals surface area contributed by atoms with Crippen LogP contribution in [0.4, 0.5) is 0 Å². The summed E-state index contributed by atoms with van der Waals surface area (Å²) < 4.78 is 12.6. The van der Waals surface area contributed by atoms with E-state index in [1.165, 1.54) is 0 Å². The molecule has 0 bridgehead atoms. The van der Waals surface area contributed by atoms with E-state index in [1.54, 1.807) is 41.8 Å². The van der Waals surface area contributed by atoms with Crippen LogP contribution in [-0.4, -0.2) is 28.4 Å². The molecule has 2 atom stereocenters. The van der Waals surface area contributed by atoms with E-state index >= 15 is 0 Å². The molecule has 1 aromatic heterocycles. The summed E-state index contributed by atoms with van der Waals surface area (Å²) in [6, 6.07) is 8.47. The lowest BCUT2D eigenvalue weighted by Crippen LogP contribution is -2.31. The Hall–Kier alpha value is -2.60. The van der Waals surface area contributed by atoms with Gasteiger partial charge >= 0.3 is 5.97 Å². The molecule has 0 spiro atoms. The van der Waals surface area contributed by atoms with E-state index in [9.17, 15) is 14.7 Å². The van der Waals surface area contributed by atoms with Gasteiger partial charge in [-0.25, -0.2) is 4.79 Å². The molecule has 0 saturated carbocycles. The molecule has 6 heteroatoms. The molecule has 2 unspecified atom stereocenters. The maximum absolute atomic E-state index is 13.1. The topological polar surface area (TPSA) is 77.8 Å². The van der Waals surface area contributed by atoms with Crippen LogP contribution >= 0.6 is 0 Å². The summed E-state index contributed by atoms with van der Waals surface area (Å²) in [5, 5.41) is 10.4. The summed E-state index contributed by atoms with van der Waals surface area (Å²) in [5.74, 6) is -0.633. The zero-order valence-electron chi connectivity index (χ0n) is 13.9. The van der Waals surface area contributed by atoms with Crippen molar-refractivity contribution in [2.24, 2.45) is 0 Å². The van der Waals surface area contributed by atoms with Crippen molar-refractivity contribution in [1.82, 2.24) is 4.57 Å². The van der Waals surface area contributed by atoms with Crippen LogP contribution in [0.1, 0.15) is 46.1 Å². The molecule has 1 aromatic carbocycles. The molecule has 25 heavy (non-hydrogen) atoms. The molecule has 0 amide bonds. The fourth-order valence-electron chi connectivity index (χ4n) is 3.59. The van der Waals surface area contributed by atoms with Crippen molar-refractivity contribution < 1.29 is 19.4 Å². The van der Waals surface area contributed by atoms with Gasteiger partial charge in [-0.1, -0.05) is 18.2 Å². The number of aromatic hydroxyl groups is 1. The number of carbonyl (C=O) groups excluding carboxylic acids is 1. The number of benzene rings is 1. The van der Waals surface area contributed by atoms with Crippen LogP contribution < -0.4 is 5.56 Å². The third-order valence-corrected chi connectivity index (χ3v) is 4.88. The van der Waals surface area contributed by atoms with Crippen LogP contribution in [0.25, 0.3) is 0 Å². The van der Waals surface area contributed by atoms with Gasteiger partial charge in [-0.15, -0.1) is 0 Å². The molecular weight excluding hydrogens is 322 g/mol. The molecule has 0 radical (unpaired) electrons. The highest BCUT2D eigenvalue weighted by Crippen LogP contribution is 2.37. The van der Waals surface area contributed by atoms with E-state index in [1.807, 2.05) is 0 Å². The molecule has 2 aromatic rings. The van der Waals surface area contributed by atoms with Crippen molar-refractivity contribution in [1.29, 1.82) is 0 Å². The second kappa shape index (κ2) is 6.04. The van der Waals surface area contributed by atoms with Crippen LogP contribution in [0.15, 0.2) is 35.1 Å². The number of hydrogen-bond acceptors (Lipinski definition) is 5. The predicted octanol–water partition coefficient (Wildman–Crippen LogP) is 2.30. The lowest BCUT2D eigenvalue weighted by molar-refractivity contribution is 0.0448. The first-order chi connectivity index (χ1) is 12.1. The Morgan fingerprint density at radius 1 is 1.28 bits per heavy atom. The molecule has 1 fully saturated rings. The van der Waals surface area contributed by atoms with Gasteiger partial charge in [0.1, 0.15) is 11.3 Å². The first-order valence-corrected chi connectivity index (χ1v) is 8.41. The fourth-order valence-corrected chi connectivity index (χ4v) is 3.59. The van der Waals surface area contributed by atoms with E-state index in [-0.39, 0.29) is 23.0 Å². The number of fused-ring (bicyclic) bond motifs is 1.